The van der Waals surface area contributed by atoms with Crippen LogP contribution in [0.15, 0.2) is 23.7 Å². The van der Waals surface area contributed by atoms with Gasteiger partial charge in [-0.15, -0.1) is 0 Å². The highest BCUT2D eigenvalue weighted by atomic mass is 16.7. The first-order valence-electron chi connectivity index (χ1n) is 8.81. The van der Waals surface area contributed by atoms with E-state index in [4.69, 9.17) is 9.31 Å². The van der Waals surface area contributed by atoms with E-state index in [2.05, 4.69) is 10.6 Å². The van der Waals surface area contributed by atoms with E-state index in [0.717, 1.165) is 0 Å². The molecule has 2 N–H and O–H groups in total. The molecule has 0 bridgehead atoms. The van der Waals surface area contributed by atoms with Crippen LogP contribution < -0.4 is 10.6 Å². The Morgan fingerprint density at radius 2 is 1.81 bits per heavy atom. The van der Waals surface area contributed by atoms with Crippen molar-refractivity contribution in [2.45, 2.75) is 45.8 Å². The number of para-hydroxylation sites is 1. The standard InChI is InChI=1S/C19H23BN2O5/c1-11(23)21-10-13(20-26-18(2,3)19(4,5)27-20)9-12-7-6-8-14-15(12)22-17(25)16(14)24/h6-9H,10H2,1-5H3,(H,21,23)(H,22,24,25). The molecule has 27 heavy (non-hydrogen) atoms. The third kappa shape index (κ3) is 3.55. The highest BCUT2D eigenvalue weighted by molar-refractivity contribution is 6.56. The third-order valence-electron chi connectivity index (χ3n) is 5.22. The van der Waals surface area contributed by atoms with Crippen LogP contribution >= 0.6 is 0 Å². The minimum Gasteiger partial charge on any atom is -0.400 e. The summed E-state index contributed by atoms with van der Waals surface area (Å²) in [4.78, 5) is 35.1. The summed E-state index contributed by atoms with van der Waals surface area (Å²) >= 11 is 0. The molecule has 2 aliphatic rings. The van der Waals surface area contributed by atoms with E-state index in [-0.39, 0.29) is 12.5 Å². The third-order valence-corrected chi connectivity index (χ3v) is 5.22. The molecule has 0 spiro atoms. The van der Waals surface area contributed by atoms with E-state index in [1.165, 1.54) is 6.92 Å². The Kier molecular flexibility index (Phi) is 4.73. The summed E-state index contributed by atoms with van der Waals surface area (Å²) in [5.74, 6) is -1.39. The van der Waals surface area contributed by atoms with Crippen molar-refractivity contribution in [3.05, 3.63) is 34.8 Å². The molecule has 1 fully saturated rings. The molecule has 0 radical (unpaired) electrons. The van der Waals surface area contributed by atoms with E-state index >= 15 is 0 Å². The molecule has 8 heteroatoms. The number of Topliss-reactive ketones (excluding diaryl/α,β-unsaturated/α-hetero) is 1. The molecule has 1 aromatic carbocycles. The number of hydrogen-bond donors (Lipinski definition) is 2. The van der Waals surface area contributed by atoms with Crippen LogP contribution in [0.1, 0.15) is 50.5 Å². The van der Waals surface area contributed by atoms with E-state index in [1.807, 2.05) is 27.7 Å². The van der Waals surface area contributed by atoms with Crippen LogP contribution in [0.4, 0.5) is 5.69 Å². The van der Waals surface area contributed by atoms with E-state index in [1.54, 1.807) is 24.3 Å². The molecular weight excluding hydrogens is 347 g/mol. The summed E-state index contributed by atoms with van der Waals surface area (Å²) in [7, 11) is -0.662. The van der Waals surface area contributed by atoms with Gasteiger partial charge in [0.2, 0.25) is 5.91 Å². The molecule has 1 aromatic rings. The van der Waals surface area contributed by atoms with Gasteiger partial charge in [-0.1, -0.05) is 18.2 Å². The Balaban J connectivity index is 1.99. The number of fused-ring (bicyclic) bond motifs is 1. The van der Waals surface area contributed by atoms with Gasteiger partial charge in [0.25, 0.3) is 11.7 Å². The zero-order chi connectivity index (χ0) is 20.0. The van der Waals surface area contributed by atoms with Gasteiger partial charge >= 0.3 is 7.12 Å². The van der Waals surface area contributed by atoms with Gasteiger partial charge < -0.3 is 19.9 Å². The van der Waals surface area contributed by atoms with Crippen LogP contribution in [-0.4, -0.2) is 42.5 Å². The minimum atomic E-state index is -0.662. The van der Waals surface area contributed by atoms with Crippen molar-refractivity contribution in [2.75, 3.05) is 11.9 Å². The maximum absolute atomic E-state index is 11.9. The molecule has 0 atom stereocenters. The van der Waals surface area contributed by atoms with Crippen molar-refractivity contribution < 1.29 is 23.7 Å². The number of benzene rings is 1. The van der Waals surface area contributed by atoms with Crippen LogP contribution in [0, 0.1) is 0 Å². The first kappa shape index (κ1) is 19.3. The number of anilines is 1. The lowest BCUT2D eigenvalue weighted by Gasteiger charge is -2.32. The predicted molar refractivity (Wildman–Crippen MR) is 102 cm³/mol. The average Bonchev–Trinajstić information content (AvgIpc) is 2.97. The number of amides is 2. The molecule has 2 heterocycles. The zero-order valence-corrected chi connectivity index (χ0v) is 16.1. The average molecular weight is 370 g/mol. The Morgan fingerprint density at radius 3 is 2.41 bits per heavy atom. The van der Waals surface area contributed by atoms with Crippen molar-refractivity contribution in [1.82, 2.24) is 5.32 Å². The number of carbonyl (C=O) groups excluding carboxylic acids is 3. The van der Waals surface area contributed by atoms with Crippen molar-refractivity contribution in [3.63, 3.8) is 0 Å². The van der Waals surface area contributed by atoms with Crippen molar-refractivity contribution in [3.8, 4) is 0 Å². The molecule has 0 aliphatic carbocycles. The number of carbonyl (C=O) groups is 3. The Hall–Kier alpha value is -2.45. The van der Waals surface area contributed by atoms with Crippen LogP contribution in [-0.2, 0) is 18.9 Å². The van der Waals surface area contributed by atoms with E-state index in [9.17, 15) is 14.4 Å². The summed E-state index contributed by atoms with van der Waals surface area (Å²) in [5.41, 5.74) is 1.07. The molecule has 0 aromatic heterocycles. The van der Waals surface area contributed by atoms with Crippen LogP contribution in [0.25, 0.3) is 6.08 Å². The second-order valence-corrected chi connectivity index (χ2v) is 7.77. The number of hydrogen-bond acceptors (Lipinski definition) is 5. The molecule has 3 rings (SSSR count). The van der Waals surface area contributed by atoms with Gasteiger partial charge in [-0.3, -0.25) is 14.4 Å². The quantitative estimate of drug-likeness (QED) is 0.624. The second-order valence-electron chi connectivity index (χ2n) is 7.77. The zero-order valence-electron chi connectivity index (χ0n) is 16.1. The molecule has 0 unspecified atom stereocenters. The highest BCUT2D eigenvalue weighted by Gasteiger charge is 2.52. The first-order valence-corrected chi connectivity index (χ1v) is 8.81. The lowest BCUT2D eigenvalue weighted by atomic mass is 9.76. The van der Waals surface area contributed by atoms with Gasteiger partial charge in [-0.2, -0.15) is 0 Å². The van der Waals surface area contributed by atoms with E-state index < -0.39 is 30.0 Å². The second kappa shape index (κ2) is 6.62. The summed E-state index contributed by atoms with van der Waals surface area (Å²) < 4.78 is 12.2. The maximum atomic E-state index is 11.9. The minimum absolute atomic E-state index is 0.181. The maximum Gasteiger partial charge on any atom is 0.492 e. The van der Waals surface area contributed by atoms with Crippen molar-refractivity contribution in [2.24, 2.45) is 0 Å². The topological polar surface area (TPSA) is 93.7 Å². The predicted octanol–water partition coefficient (Wildman–Crippen LogP) is 1.97. The largest absolute Gasteiger partial charge is 0.492 e. The van der Waals surface area contributed by atoms with Crippen LogP contribution in [0.2, 0.25) is 0 Å². The van der Waals surface area contributed by atoms with Gasteiger partial charge in [0.1, 0.15) is 0 Å². The van der Waals surface area contributed by atoms with Gasteiger partial charge in [-0.25, -0.2) is 0 Å². The summed E-state index contributed by atoms with van der Waals surface area (Å²) in [6.07, 6.45) is 1.79. The number of ketones is 1. The fraction of sp³-hybridized carbons (Fsp3) is 0.421. The number of rotatable bonds is 4. The molecule has 0 saturated carbocycles. The molecular formula is C19H23BN2O5. The molecule has 142 valence electrons. The Labute approximate surface area is 158 Å². The van der Waals surface area contributed by atoms with E-state index in [0.29, 0.717) is 22.3 Å². The van der Waals surface area contributed by atoms with Gasteiger partial charge in [-0.05, 0) is 44.8 Å². The fourth-order valence-corrected chi connectivity index (χ4v) is 2.93. The highest BCUT2D eigenvalue weighted by Crippen LogP contribution is 2.39. The Bertz CT molecular complexity index is 844. The SMILES string of the molecule is CC(=O)NCC(=Cc1cccc2c1NC(=O)C2=O)B1OC(C)(C)C(C)(C)O1. The lowest BCUT2D eigenvalue weighted by Crippen LogP contribution is -2.41. The van der Waals surface area contributed by atoms with Crippen LogP contribution in [0.5, 0.6) is 0 Å². The molecule has 2 amide bonds. The summed E-state index contributed by atoms with van der Waals surface area (Å²) in [6.45, 7) is 9.44. The van der Waals surface area contributed by atoms with Crippen molar-refractivity contribution in [1.29, 1.82) is 0 Å². The molecule has 7 nitrogen and oxygen atoms in total. The molecule has 2 aliphatic heterocycles. The summed E-state index contributed by atoms with van der Waals surface area (Å²) in [6, 6.07) is 5.11. The summed E-state index contributed by atoms with van der Waals surface area (Å²) in [5, 5.41) is 5.37. The number of nitrogens with one attached hydrogen (secondary N) is 2. The lowest BCUT2D eigenvalue weighted by molar-refractivity contribution is -0.118. The normalized spacial score (nSPS) is 20.5. The van der Waals surface area contributed by atoms with Gasteiger partial charge in [0.05, 0.1) is 22.5 Å². The van der Waals surface area contributed by atoms with Gasteiger partial charge in [0, 0.05) is 13.5 Å². The smallest absolute Gasteiger partial charge is 0.400 e. The fourth-order valence-electron chi connectivity index (χ4n) is 2.93. The molecule has 1 saturated heterocycles. The first-order chi connectivity index (χ1) is 12.5. The van der Waals surface area contributed by atoms with Crippen LogP contribution in [0.3, 0.4) is 0 Å². The monoisotopic (exact) mass is 370 g/mol. The van der Waals surface area contributed by atoms with Gasteiger partial charge in [0.15, 0.2) is 0 Å². The Morgan fingerprint density at radius 1 is 1.19 bits per heavy atom. The van der Waals surface area contributed by atoms with Crippen molar-refractivity contribution >= 4 is 36.5 Å².